The molecule has 2 rings (SSSR count). The smallest absolute Gasteiger partial charge is 0.247 e. The summed E-state index contributed by atoms with van der Waals surface area (Å²) in [6.07, 6.45) is 0.373. The molecule has 28 heavy (non-hydrogen) atoms. The van der Waals surface area contributed by atoms with Crippen LogP contribution < -0.4 is 15.4 Å². The highest BCUT2D eigenvalue weighted by Gasteiger charge is 2.25. The number of benzene rings is 2. The molecular formula is C23H30N2O3. The van der Waals surface area contributed by atoms with Crippen LogP contribution in [0.4, 0.5) is 0 Å². The van der Waals surface area contributed by atoms with Crippen LogP contribution in [-0.2, 0) is 9.59 Å². The summed E-state index contributed by atoms with van der Waals surface area (Å²) in [5.74, 6) is 0.549. The van der Waals surface area contributed by atoms with E-state index in [0.29, 0.717) is 6.42 Å². The lowest BCUT2D eigenvalue weighted by Gasteiger charge is -2.23. The van der Waals surface area contributed by atoms with Crippen molar-refractivity contribution in [1.82, 2.24) is 10.6 Å². The van der Waals surface area contributed by atoms with E-state index in [4.69, 9.17) is 4.74 Å². The summed E-state index contributed by atoms with van der Waals surface area (Å²) in [5, 5.41) is 5.90. The molecule has 0 bridgehead atoms. The highest BCUT2D eigenvalue weighted by atomic mass is 16.5. The molecule has 0 aliphatic heterocycles. The minimum Gasteiger partial charge on any atom is -0.496 e. The first-order valence-corrected chi connectivity index (χ1v) is 9.61. The molecule has 0 aromatic heterocycles. The number of ether oxygens (including phenoxy) is 1. The molecule has 0 aliphatic carbocycles. The van der Waals surface area contributed by atoms with Gasteiger partial charge in [-0.05, 0) is 31.4 Å². The number of rotatable bonds is 8. The van der Waals surface area contributed by atoms with Crippen molar-refractivity contribution in [2.45, 2.75) is 46.2 Å². The van der Waals surface area contributed by atoms with E-state index in [9.17, 15) is 9.59 Å². The molecule has 5 heteroatoms. The summed E-state index contributed by atoms with van der Waals surface area (Å²) in [5.41, 5.74) is 2.73. The Bertz CT molecular complexity index is 803. The highest BCUT2D eigenvalue weighted by molar-refractivity contribution is 5.89. The number of hydrogen-bond donors (Lipinski definition) is 2. The second-order valence-electron chi connectivity index (χ2n) is 7.48. The SMILES string of the molecule is COc1ccc(C)cc1C(C)NC(=O)C(NC(=O)CC(C)C)c1ccccc1. The van der Waals surface area contributed by atoms with Crippen molar-refractivity contribution in [1.29, 1.82) is 0 Å². The van der Waals surface area contributed by atoms with Gasteiger partial charge in [0.15, 0.2) is 0 Å². The van der Waals surface area contributed by atoms with Crippen LogP contribution in [0.5, 0.6) is 5.75 Å². The maximum atomic E-state index is 13.1. The summed E-state index contributed by atoms with van der Waals surface area (Å²) < 4.78 is 5.44. The lowest BCUT2D eigenvalue weighted by atomic mass is 10.0. The van der Waals surface area contributed by atoms with Gasteiger partial charge in [-0.3, -0.25) is 9.59 Å². The van der Waals surface area contributed by atoms with Gasteiger partial charge in [0.1, 0.15) is 11.8 Å². The van der Waals surface area contributed by atoms with Crippen molar-refractivity contribution in [2.24, 2.45) is 5.92 Å². The van der Waals surface area contributed by atoms with Crippen molar-refractivity contribution in [3.8, 4) is 5.75 Å². The van der Waals surface area contributed by atoms with Gasteiger partial charge in [-0.2, -0.15) is 0 Å². The van der Waals surface area contributed by atoms with E-state index in [1.807, 2.05) is 76.2 Å². The molecule has 0 radical (unpaired) electrons. The molecule has 0 aliphatic rings. The van der Waals surface area contributed by atoms with E-state index in [0.717, 1.165) is 22.4 Å². The van der Waals surface area contributed by atoms with E-state index in [1.165, 1.54) is 0 Å². The number of amides is 2. The normalized spacial score (nSPS) is 12.9. The van der Waals surface area contributed by atoms with Crippen molar-refractivity contribution >= 4 is 11.8 Å². The molecule has 2 atom stereocenters. The molecule has 0 spiro atoms. The fourth-order valence-corrected chi connectivity index (χ4v) is 3.10. The fourth-order valence-electron chi connectivity index (χ4n) is 3.10. The molecule has 2 unspecified atom stereocenters. The van der Waals surface area contributed by atoms with Gasteiger partial charge in [0.05, 0.1) is 13.2 Å². The Balaban J connectivity index is 2.22. The molecule has 0 fully saturated rings. The van der Waals surface area contributed by atoms with E-state index in [1.54, 1.807) is 7.11 Å². The molecule has 0 saturated heterocycles. The average molecular weight is 383 g/mol. The molecule has 0 saturated carbocycles. The van der Waals surface area contributed by atoms with Gasteiger partial charge in [-0.1, -0.05) is 61.9 Å². The van der Waals surface area contributed by atoms with Crippen molar-refractivity contribution < 1.29 is 14.3 Å². The lowest BCUT2D eigenvalue weighted by Crippen LogP contribution is -2.41. The average Bonchev–Trinajstić information content (AvgIpc) is 2.66. The molecule has 2 aromatic carbocycles. The van der Waals surface area contributed by atoms with Gasteiger partial charge < -0.3 is 15.4 Å². The van der Waals surface area contributed by atoms with Gasteiger partial charge in [0.25, 0.3) is 0 Å². The van der Waals surface area contributed by atoms with Crippen molar-refractivity contribution in [2.75, 3.05) is 7.11 Å². The van der Waals surface area contributed by atoms with Crippen LogP contribution in [0.2, 0.25) is 0 Å². The number of methoxy groups -OCH3 is 1. The second kappa shape index (κ2) is 9.93. The third-order valence-electron chi connectivity index (χ3n) is 4.50. The van der Waals surface area contributed by atoms with E-state index in [-0.39, 0.29) is 23.8 Å². The van der Waals surface area contributed by atoms with Crippen LogP contribution in [0.15, 0.2) is 48.5 Å². The third kappa shape index (κ3) is 5.84. The molecule has 2 amide bonds. The first-order valence-electron chi connectivity index (χ1n) is 9.61. The van der Waals surface area contributed by atoms with E-state index >= 15 is 0 Å². The fraction of sp³-hybridized carbons (Fsp3) is 0.391. The Morgan fingerprint density at radius 1 is 1.00 bits per heavy atom. The van der Waals surface area contributed by atoms with Crippen LogP contribution >= 0.6 is 0 Å². The Morgan fingerprint density at radius 2 is 1.68 bits per heavy atom. The monoisotopic (exact) mass is 382 g/mol. The first kappa shape index (κ1) is 21.5. The van der Waals surface area contributed by atoms with Gasteiger partial charge in [0, 0.05) is 12.0 Å². The Labute approximate surface area is 167 Å². The topological polar surface area (TPSA) is 67.4 Å². The Morgan fingerprint density at radius 3 is 2.29 bits per heavy atom. The van der Waals surface area contributed by atoms with Crippen LogP contribution in [0.25, 0.3) is 0 Å². The van der Waals surface area contributed by atoms with Crippen LogP contribution in [-0.4, -0.2) is 18.9 Å². The maximum Gasteiger partial charge on any atom is 0.247 e. The van der Waals surface area contributed by atoms with Crippen LogP contribution in [0.1, 0.15) is 56.0 Å². The molecular weight excluding hydrogens is 352 g/mol. The first-order chi connectivity index (χ1) is 13.3. The third-order valence-corrected chi connectivity index (χ3v) is 4.50. The summed E-state index contributed by atoms with van der Waals surface area (Å²) in [7, 11) is 1.61. The molecule has 5 nitrogen and oxygen atoms in total. The van der Waals surface area contributed by atoms with Gasteiger partial charge >= 0.3 is 0 Å². The minimum atomic E-state index is -0.745. The largest absolute Gasteiger partial charge is 0.496 e. The van der Waals surface area contributed by atoms with E-state index < -0.39 is 6.04 Å². The van der Waals surface area contributed by atoms with Crippen molar-refractivity contribution in [3.63, 3.8) is 0 Å². The predicted molar refractivity (Wildman–Crippen MR) is 111 cm³/mol. The highest BCUT2D eigenvalue weighted by Crippen LogP contribution is 2.27. The number of hydrogen-bond acceptors (Lipinski definition) is 3. The Kier molecular flexibility index (Phi) is 7.61. The standard InChI is InChI=1S/C23H30N2O3/c1-15(2)13-21(26)25-22(18-9-7-6-8-10-18)23(27)24-17(4)19-14-16(3)11-12-20(19)28-5/h6-12,14-15,17,22H,13H2,1-5H3,(H,24,27)(H,25,26). The van der Waals surface area contributed by atoms with Gasteiger partial charge in [0.2, 0.25) is 11.8 Å². The van der Waals surface area contributed by atoms with Crippen LogP contribution in [0, 0.1) is 12.8 Å². The molecule has 0 heterocycles. The van der Waals surface area contributed by atoms with Gasteiger partial charge in [-0.25, -0.2) is 0 Å². The lowest BCUT2D eigenvalue weighted by molar-refractivity contribution is -0.130. The molecule has 150 valence electrons. The number of carbonyl (C=O) groups excluding carboxylic acids is 2. The number of aryl methyl sites for hydroxylation is 1. The molecule has 2 aromatic rings. The summed E-state index contributed by atoms with van der Waals surface area (Å²) >= 11 is 0. The second-order valence-corrected chi connectivity index (χ2v) is 7.48. The van der Waals surface area contributed by atoms with Gasteiger partial charge in [-0.15, -0.1) is 0 Å². The zero-order chi connectivity index (χ0) is 20.7. The number of carbonyl (C=O) groups is 2. The zero-order valence-corrected chi connectivity index (χ0v) is 17.3. The summed E-state index contributed by atoms with van der Waals surface area (Å²) in [6, 6.07) is 14.1. The van der Waals surface area contributed by atoms with Crippen LogP contribution in [0.3, 0.4) is 0 Å². The summed E-state index contributed by atoms with van der Waals surface area (Å²) in [6.45, 7) is 7.86. The summed E-state index contributed by atoms with van der Waals surface area (Å²) in [4.78, 5) is 25.4. The Hall–Kier alpha value is -2.82. The van der Waals surface area contributed by atoms with Crippen molar-refractivity contribution in [3.05, 3.63) is 65.2 Å². The molecule has 2 N–H and O–H groups in total. The van der Waals surface area contributed by atoms with E-state index in [2.05, 4.69) is 10.6 Å². The predicted octanol–water partition coefficient (Wildman–Crippen LogP) is 4.08. The minimum absolute atomic E-state index is 0.139. The maximum absolute atomic E-state index is 13.1. The zero-order valence-electron chi connectivity index (χ0n) is 17.3. The quantitative estimate of drug-likeness (QED) is 0.723. The number of nitrogens with one attached hydrogen (secondary N) is 2.